The maximum absolute atomic E-state index is 12.2. The second-order valence-electron chi connectivity index (χ2n) is 5.38. The summed E-state index contributed by atoms with van der Waals surface area (Å²) >= 11 is 32.6. The summed E-state index contributed by atoms with van der Waals surface area (Å²) in [4.78, 5) is 16.4. The number of hydrogen-bond donors (Lipinski definition) is 2. The van der Waals surface area contributed by atoms with E-state index in [9.17, 15) is 4.79 Å². The van der Waals surface area contributed by atoms with Crippen molar-refractivity contribution in [1.29, 1.82) is 0 Å². The number of anilines is 1. The molecule has 2 aromatic rings. The summed E-state index contributed by atoms with van der Waals surface area (Å²) < 4.78 is -1.62. The van der Waals surface area contributed by atoms with Crippen LogP contribution in [0.15, 0.2) is 59.6 Å². The molecule has 0 heterocycles. The first-order chi connectivity index (χ1) is 13.1. The molecule has 0 fully saturated rings. The molecule has 0 aliphatic carbocycles. The van der Waals surface area contributed by atoms with Crippen LogP contribution in [-0.4, -0.2) is 36.6 Å². The van der Waals surface area contributed by atoms with Crippen LogP contribution in [0, 0.1) is 0 Å². The van der Waals surface area contributed by atoms with Gasteiger partial charge in [-0.2, -0.15) is 0 Å². The zero-order valence-electron chi connectivity index (χ0n) is 14.0. The predicted octanol–water partition coefficient (Wildman–Crippen LogP) is 5.46. The van der Waals surface area contributed by atoms with Crippen LogP contribution < -0.4 is 10.6 Å². The molecule has 0 aliphatic heterocycles. The van der Waals surface area contributed by atoms with E-state index in [0.717, 1.165) is 5.56 Å². The van der Waals surface area contributed by atoms with Gasteiger partial charge in [0.15, 0.2) is 0 Å². The minimum absolute atomic E-state index is 0.257. The molecule has 2 N–H and O–H groups in total. The molecule has 0 bridgehead atoms. The number of aliphatic imine (C=N–C) groups is 1. The van der Waals surface area contributed by atoms with Crippen molar-refractivity contribution in [2.24, 2.45) is 4.99 Å². The Kier molecular flexibility index (Phi) is 8.97. The van der Waals surface area contributed by atoms with Gasteiger partial charge in [0.2, 0.25) is 0 Å². The second kappa shape index (κ2) is 10.7. The van der Waals surface area contributed by atoms with Crippen molar-refractivity contribution in [3.8, 4) is 0 Å². The quantitative estimate of drug-likeness (QED) is 0.173. The number of amides is 1. The van der Waals surface area contributed by atoms with E-state index < -0.39 is 15.9 Å². The fraction of sp³-hybridized carbons (Fsp3) is 0.111. The number of carbonyl (C=O) groups excluding carboxylic acids is 1. The van der Waals surface area contributed by atoms with Gasteiger partial charge in [-0.05, 0) is 0 Å². The van der Waals surface area contributed by atoms with Crippen molar-refractivity contribution in [2.75, 3.05) is 5.32 Å². The van der Waals surface area contributed by atoms with E-state index >= 15 is 0 Å². The molecule has 1 unspecified atom stereocenters. The molecule has 28 heavy (non-hydrogen) atoms. The first-order valence-electron chi connectivity index (χ1n) is 7.72. The molecule has 0 spiro atoms. The van der Waals surface area contributed by atoms with Crippen LogP contribution in [0.1, 0.15) is 5.56 Å². The number of amidine groups is 1. The van der Waals surface area contributed by atoms with Crippen molar-refractivity contribution < 1.29 is 4.79 Å². The number of halogens is 5. The molecular formula is C18H13Cl5N3OSe. The number of alkyl halides is 3. The van der Waals surface area contributed by atoms with Crippen molar-refractivity contribution >= 4 is 96.4 Å². The average molecular weight is 544 g/mol. The van der Waals surface area contributed by atoms with E-state index in [1.807, 2.05) is 30.3 Å². The fourth-order valence-electron chi connectivity index (χ4n) is 1.96. The monoisotopic (exact) mass is 542 g/mol. The maximum atomic E-state index is 12.2. The second-order valence-corrected chi connectivity index (χ2v) is 9.40. The summed E-state index contributed by atoms with van der Waals surface area (Å²) in [6.45, 7) is 0. The Balaban J connectivity index is 2.11. The van der Waals surface area contributed by atoms with Gasteiger partial charge in [-0.3, -0.25) is 0 Å². The van der Waals surface area contributed by atoms with Crippen LogP contribution in [-0.2, 0) is 4.79 Å². The number of carbonyl (C=O) groups is 1. The van der Waals surface area contributed by atoms with E-state index in [1.54, 1.807) is 24.3 Å². The van der Waals surface area contributed by atoms with Gasteiger partial charge >= 0.3 is 197 Å². The number of hydrogen-bond acceptors (Lipinski definition) is 2. The number of rotatable bonds is 5. The minimum atomic E-state index is -1.88. The molecule has 1 amide bonds. The third kappa shape index (κ3) is 7.84. The number of nitrogens with one attached hydrogen (secondary N) is 2. The SMILES string of the molecule is O=C(/C=C/c1ccccc1)NC(N=C([Se])Nc1ccc(Cl)cc1Cl)C(Cl)(Cl)Cl. The Morgan fingerprint density at radius 2 is 1.79 bits per heavy atom. The molecule has 1 atom stereocenters. The molecule has 2 rings (SSSR count). The van der Waals surface area contributed by atoms with Crippen LogP contribution in [0.3, 0.4) is 0 Å². The van der Waals surface area contributed by atoms with E-state index in [-0.39, 0.29) is 4.73 Å². The summed E-state index contributed by atoms with van der Waals surface area (Å²) in [6, 6.07) is 14.2. The fourth-order valence-corrected chi connectivity index (χ4v) is 3.18. The molecule has 0 aromatic heterocycles. The average Bonchev–Trinajstić information content (AvgIpc) is 2.62. The molecule has 0 saturated heterocycles. The topological polar surface area (TPSA) is 53.5 Å². The van der Waals surface area contributed by atoms with Crippen molar-refractivity contribution in [2.45, 2.75) is 9.96 Å². The van der Waals surface area contributed by atoms with E-state index in [0.29, 0.717) is 15.7 Å². The van der Waals surface area contributed by atoms with Gasteiger partial charge in [-0.25, -0.2) is 0 Å². The summed E-state index contributed by atoms with van der Waals surface area (Å²) in [5.74, 6) is -0.471. The third-order valence-corrected chi connectivity index (χ3v) is 4.84. The van der Waals surface area contributed by atoms with E-state index in [1.165, 1.54) is 6.08 Å². The van der Waals surface area contributed by atoms with Crippen LogP contribution in [0.2, 0.25) is 10.0 Å². The molecule has 4 nitrogen and oxygen atoms in total. The zero-order valence-corrected chi connectivity index (χ0v) is 19.5. The van der Waals surface area contributed by atoms with Gasteiger partial charge in [-0.15, -0.1) is 0 Å². The Morgan fingerprint density at radius 3 is 2.39 bits per heavy atom. The van der Waals surface area contributed by atoms with Gasteiger partial charge in [0.05, 0.1) is 0 Å². The Labute approximate surface area is 196 Å². The van der Waals surface area contributed by atoms with Gasteiger partial charge in [0.25, 0.3) is 0 Å². The van der Waals surface area contributed by atoms with Crippen molar-refractivity contribution in [3.63, 3.8) is 0 Å². The predicted molar refractivity (Wildman–Crippen MR) is 121 cm³/mol. The first kappa shape index (κ1) is 23.4. The third-order valence-electron chi connectivity index (χ3n) is 3.23. The summed E-state index contributed by atoms with van der Waals surface area (Å²) in [5, 5.41) is 6.35. The summed E-state index contributed by atoms with van der Waals surface area (Å²) in [5.41, 5.74) is 1.40. The molecular weight excluding hydrogens is 530 g/mol. The Morgan fingerprint density at radius 1 is 1.11 bits per heavy atom. The van der Waals surface area contributed by atoms with Crippen LogP contribution >= 0.6 is 58.0 Å². The van der Waals surface area contributed by atoms with Gasteiger partial charge in [0, 0.05) is 0 Å². The zero-order chi connectivity index (χ0) is 20.7. The Bertz CT molecular complexity index is 885. The number of benzene rings is 2. The van der Waals surface area contributed by atoms with Crippen molar-refractivity contribution in [1.82, 2.24) is 5.32 Å². The molecule has 1 radical (unpaired) electrons. The molecule has 2 aromatic carbocycles. The molecule has 10 heteroatoms. The van der Waals surface area contributed by atoms with E-state index in [2.05, 4.69) is 31.6 Å². The summed E-state index contributed by atoms with van der Waals surface area (Å²) in [6.07, 6.45) is 1.82. The van der Waals surface area contributed by atoms with E-state index in [4.69, 9.17) is 58.0 Å². The van der Waals surface area contributed by atoms with Gasteiger partial charge in [0.1, 0.15) is 0 Å². The standard InChI is InChI=1S/C18H13Cl5N3OSe/c19-12-7-8-14(13(20)10-12)24-17(28)26-16(18(21,22)23)25-15(27)9-6-11-4-2-1-3-5-11/h1-10,16H,(H,24,26)(H,25,27)/b9-6+. The summed E-state index contributed by atoms with van der Waals surface area (Å²) in [7, 11) is 0. The van der Waals surface area contributed by atoms with Crippen LogP contribution in [0.4, 0.5) is 5.69 Å². The number of nitrogens with zero attached hydrogens (tertiary/aromatic N) is 1. The molecule has 147 valence electrons. The Hall–Kier alpha value is -0.911. The molecule has 0 saturated carbocycles. The van der Waals surface area contributed by atoms with Crippen LogP contribution in [0.25, 0.3) is 6.08 Å². The van der Waals surface area contributed by atoms with Crippen molar-refractivity contribution in [3.05, 3.63) is 70.2 Å². The van der Waals surface area contributed by atoms with Gasteiger partial charge in [-0.1, -0.05) is 0 Å². The molecule has 0 aliphatic rings. The van der Waals surface area contributed by atoms with Gasteiger partial charge < -0.3 is 0 Å². The first-order valence-corrected chi connectivity index (χ1v) is 10.5. The normalized spacial score (nSPS) is 13.4. The van der Waals surface area contributed by atoms with Crippen LogP contribution in [0.5, 0.6) is 0 Å².